The molecule has 1 aliphatic rings. The van der Waals surface area contributed by atoms with E-state index < -0.39 is 10.0 Å². The molecule has 0 saturated heterocycles. The molecule has 1 aliphatic carbocycles. The van der Waals surface area contributed by atoms with E-state index in [1.54, 1.807) is 11.3 Å². The second-order valence-electron chi connectivity index (χ2n) is 3.87. The molecule has 1 unspecified atom stereocenters. The fraction of sp³-hybridized carbons (Fsp3) is 0.600. The Kier molecular flexibility index (Phi) is 3.89. The molecule has 6 heteroatoms. The first-order valence-electron chi connectivity index (χ1n) is 5.24. The highest BCUT2D eigenvalue weighted by Gasteiger charge is 2.24. The molecule has 0 aromatic carbocycles. The summed E-state index contributed by atoms with van der Waals surface area (Å²) in [7, 11) is -3.23. The van der Waals surface area contributed by atoms with E-state index >= 15 is 0 Å². The van der Waals surface area contributed by atoms with Crippen LogP contribution in [0.5, 0.6) is 0 Å². The lowest BCUT2D eigenvalue weighted by molar-refractivity contribution is 0.512. The highest BCUT2D eigenvalue weighted by Crippen LogP contribution is 2.33. The van der Waals surface area contributed by atoms with Gasteiger partial charge in [0.2, 0.25) is 10.0 Å². The van der Waals surface area contributed by atoms with Crippen LogP contribution in [0.3, 0.4) is 0 Å². The van der Waals surface area contributed by atoms with E-state index in [1.807, 2.05) is 11.4 Å². The van der Waals surface area contributed by atoms with Crippen LogP contribution in [0.15, 0.2) is 11.4 Å². The normalized spacial score (nSPS) is 20.7. The number of halogens is 1. The number of hydrogen-bond acceptors (Lipinski definition) is 3. The molecule has 1 atom stereocenters. The number of nitrogens with one attached hydrogen (secondary N) is 1. The predicted molar refractivity (Wildman–Crippen MR) is 67.6 cm³/mol. The van der Waals surface area contributed by atoms with Crippen molar-refractivity contribution in [1.82, 2.24) is 4.72 Å². The molecule has 90 valence electrons. The number of fused-ring (bicyclic) bond motifs is 1. The molecular formula is C10H14ClNO2S2. The Morgan fingerprint density at radius 1 is 1.56 bits per heavy atom. The first-order chi connectivity index (χ1) is 7.62. The van der Waals surface area contributed by atoms with Crippen LogP contribution in [0.25, 0.3) is 0 Å². The van der Waals surface area contributed by atoms with Crippen LogP contribution < -0.4 is 4.72 Å². The van der Waals surface area contributed by atoms with Crippen molar-refractivity contribution in [3.8, 4) is 0 Å². The SMILES string of the molecule is O=S(=O)(CCCl)NC1CCCc2sccc21. The summed E-state index contributed by atoms with van der Waals surface area (Å²) in [6.45, 7) is 0. The second kappa shape index (κ2) is 5.04. The summed E-state index contributed by atoms with van der Waals surface area (Å²) in [5.74, 6) is 0.128. The van der Waals surface area contributed by atoms with Gasteiger partial charge in [0, 0.05) is 16.8 Å². The Morgan fingerprint density at radius 3 is 3.12 bits per heavy atom. The molecule has 3 nitrogen and oxygen atoms in total. The molecular weight excluding hydrogens is 266 g/mol. The van der Waals surface area contributed by atoms with E-state index in [2.05, 4.69) is 4.72 Å². The minimum Gasteiger partial charge on any atom is -0.212 e. The summed E-state index contributed by atoms with van der Waals surface area (Å²) in [5, 5.41) is 2.03. The monoisotopic (exact) mass is 279 g/mol. The molecule has 16 heavy (non-hydrogen) atoms. The third-order valence-corrected chi connectivity index (χ3v) is 5.51. The van der Waals surface area contributed by atoms with Crippen LogP contribution in [0.2, 0.25) is 0 Å². The second-order valence-corrected chi connectivity index (χ2v) is 7.12. The van der Waals surface area contributed by atoms with Gasteiger partial charge in [-0.2, -0.15) is 0 Å². The van der Waals surface area contributed by atoms with Crippen molar-refractivity contribution < 1.29 is 8.42 Å². The van der Waals surface area contributed by atoms with Gasteiger partial charge in [0.15, 0.2) is 0 Å². The smallest absolute Gasteiger partial charge is 0.212 e. The average Bonchev–Trinajstić information content (AvgIpc) is 2.65. The molecule has 1 heterocycles. The molecule has 1 aromatic rings. The fourth-order valence-corrected chi connectivity index (χ4v) is 4.58. The zero-order valence-electron chi connectivity index (χ0n) is 8.78. The fourth-order valence-electron chi connectivity index (χ4n) is 1.99. The lowest BCUT2D eigenvalue weighted by Gasteiger charge is -2.23. The maximum Gasteiger partial charge on any atom is 0.213 e. The van der Waals surface area contributed by atoms with Gasteiger partial charge in [-0.15, -0.1) is 22.9 Å². The van der Waals surface area contributed by atoms with Gasteiger partial charge in [-0.3, -0.25) is 0 Å². The molecule has 0 spiro atoms. The van der Waals surface area contributed by atoms with Gasteiger partial charge in [0.05, 0.1) is 5.75 Å². The third kappa shape index (κ3) is 2.77. The van der Waals surface area contributed by atoms with Gasteiger partial charge in [-0.05, 0) is 36.3 Å². The topological polar surface area (TPSA) is 46.2 Å². The zero-order valence-corrected chi connectivity index (χ0v) is 11.2. The predicted octanol–water partition coefficient (Wildman–Crippen LogP) is 2.28. The number of aryl methyl sites for hydroxylation is 1. The average molecular weight is 280 g/mol. The van der Waals surface area contributed by atoms with E-state index in [0.29, 0.717) is 0 Å². The van der Waals surface area contributed by atoms with Crippen molar-refractivity contribution in [1.29, 1.82) is 0 Å². The summed E-state index contributed by atoms with van der Waals surface area (Å²) in [6.07, 6.45) is 2.99. The summed E-state index contributed by atoms with van der Waals surface area (Å²) >= 11 is 7.17. The van der Waals surface area contributed by atoms with Gasteiger partial charge in [-0.25, -0.2) is 13.1 Å². The van der Waals surface area contributed by atoms with Crippen molar-refractivity contribution in [2.75, 3.05) is 11.6 Å². The molecule has 0 saturated carbocycles. The van der Waals surface area contributed by atoms with Crippen LogP contribution in [-0.2, 0) is 16.4 Å². The van der Waals surface area contributed by atoms with Gasteiger partial charge < -0.3 is 0 Å². The highest BCUT2D eigenvalue weighted by molar-refractivity contribution is 7.89. The van der Waals surface area contributed by atoms with E-state index in [9.17, 15) is 8.42 Å². The van der Waals surface area contributed by atoms with Crippen LogP contribution in [0.1, 0.15) is 29.3 Å². The molecule has 0 bridgehead atoms. The number of thiophene rings is 1. The van der Waals surface area contributed by atoms with Gasteiger partial charge in [0.1, 0.15) is 0 Å². The third-order valence-electron chi connectivity index (χ3n) is 2.72. The molecule has 0 amide bonds. The number of sulfonamides is 1. The molecule has 0 aliphatic heterocycles. The number of hydrogen-bond donors (Lipinski definition) is 1. The largest absolute Gasteiger partial charge is 0.213 e. The Hall–Kier alpha value is -0.100. The minimum atomic E-state index is -3.23. The quantitative estimate of drug-likeness (QED) is 0.860. The van der Waals surface area contributed by atoms with Crippen LogP contribution in [0, 0.1) is 0 Å². The summed E-state index contributed by atoms with van der Waals surface area (Å²) < 4.78 is 26.0. The molecule has 2 rings (SSSR count). The first kappa shape index (κ1) is 12.4. The number of rotatable bonds is 4. The van der Waals surface area contributed by atoms with E-state index in [4.69, 9.17) is 11.6 Å². The summed E-state index contributed by atoms with van der Waals surface area (Å²) in [4.78, 5) is 1.31. The Balaban J connectivity index is 2.14. The molecule has 1 N–H and O–H groups in total. The van der Waals surface area contributed by atoms with E-state index in [0.717, 1.165) is 24.8 Å². The van der Waals surface area contributed by atoms with Crippen molar-refractivity contribution in [3.05, 3.63) is 21.9 Å². The first-order valence-corrected chi connectivity index (χ1v) is 8.31. The molecule has 0 fully saturated rings. The lowest BCUT2D eigenvalue weighted by atomic mass is 9.95. The van der Waals surface area contributed by atoms with Crippen LogP contribution in [-0.4, -0.2) is 20.1 Å². The maximum atomic E-state index is 11.6. The zero-order chi connectivity index (χ0) is 11.6. The van der Waals surface area contributed by atoms with Gasteiger partial charge >= 0.3 is 0 Å². The Labute approximate surface area is 105 Å². The summed E-state index contributed by atoms with van der Waals surface area (Å²) in [5.41, 5.74) is 1.15. The lowest BCUT2D eigenvalue weighted by Crippen LogP contribution is -2.32. The van der Waals surface area contributed by atoms with Crippen molar-refractivity contribution in [2.24, 2.45) is 0 Å². The minimum absolute atomic E-state index is 0.00940. The van der Waals surface area contributed by atoms with Crippen molar-refractivity contribution >= 4 is 33.0 Å². The van der Waals surface area contributed by atoms with Gasteiger partial charge in [-0.1, -0.05) is 0 Å². The Bertz CT molecular complexity index is 455. The standard InChI is InChI=1S/C10H14ClNO2S2/c11-5-7-16(13,14)12-9-2-1-3-10-8(9)4-6-15-10/h4,6,9,12H,1-3,5,7H2. The van der Waals surface area contributed by atoms with Crippen molar-refractivity contribution in [3.63, 3.8) is 0 Å². The molecule has 1 aromatic heterocycles. The Morgan fingerprint density at radius 2 is 2.38 bits per heavy atom. The van der Waals surface area contributed by atoms with Crippen LogP contribution >= 0.6 is 22.9 Å². The van der Waals surface area contributed by atoms with Crippen LogP contribution in [0.4, 0.5) is 0 Å². The number of alkyl halides is 1. The van der Waals surface area contributed by atoms with Gasteiger partial charge in [0.25, 0.3) is 0 Å². The maximum absolute atomic E-state index is 11.6. The van der Waals surface area contributed by atoms with E-state index in [-0.39, 0.29) is 17.7 Å². The summed E-state index contributed by atoms with van der Waals surface area (Å²) in [6, 6.07) is 1.97. The van der Waals surface area contributed by atoms with E-state index in [1.165, 1.54) is 4.88 Å². The van der Waals surface area contributed by atoms with Crippen molar-refractivity contribution in [2.45, 2.75) is 25.3 Å². The molecule has 0 radical (unpaired) electrons. The highest BCUT2D eigenvalue weighted by atomic mass is 35.5.